The number of likely N-dealkylation sites (tertiary alicyclic amines) is 2. The highest BCUT2D eigenvalue weighted by atomic mass is 28.4. The molecule has 1 aromatic rings. The molecule has 2 fully saturated rings. The maximum Gasteiger partial charge on any atom is 0.369 e. The van der Waals surface area contributed by atoms with Crippen LogP contribution in [0.2, 0.25) is 6.55 Å². The Morgan fingerprint density at radius 1 is 0.738 bits per heavy atom. The van der Waals surface area contributed by atoms with Gasteiger partial charge in [-0.1, -0.05) is 71.9 Å². The van der Waals surface area contributed by atoms with Crippen LogP contribution < -0.4 is 5.19 Å². The van der Waals surface area contributed by atoms with E-state index in [1.165, 1.54) is 0 Å². The number of amides is 2. The minimum Gasteiger partial charge on any atom is -0.388 e. The molecule has 0 aromatic heterocycles. The Kier molecular flexibility index (Phi) is 10.2. The van der Waals surface area contributed by atoms with Gasteiger partial charge in [0.15, 0.2) is 0 Å². The predicted molar refractivity (Wildman–Crippen MR) is 175 cm³/mol. The summed E-state index contributed by atoms with van der Waals surface area (Å²) in [7, 11) is -2.99. The monoisotopic (exact) mass is 600 g/mol. The number of hydrogen-bond donors (Lipinski definition) is 0. The molecule has 8 atom stereocenters. The van der Waals surface area contributed by atoms with Gasteiger partial charge in [0.1, 0.15) is 0 Å². The average Bonchev–Trinajstić information content (AvgIpc) is 2.94. The SMILES string of the molecule is CCC1(C)CC(O[Si](C)(OC2CC(C)(CC)N(C(C)=O)C(C)(CC)C2C)c2ccccc2)C(C)C(C)(CC)N1C(C)=O. The molecular weight excluding hydrogens is 540 g/mol. The molecule has 2 amide bonds. The minimum absolute atomic E-state index is 0.0601. The molecule has 238 valence electrons. The van der Waals surface area contributed by atoms with Gasteiger partial charge in [-0.05, 0) is 78.0 Å². The third kappa shape index (κ3) is 5.74. The largest absolute Gasteiger partial charge is 0.388 e. The van der Waals surface area contributed by atoms with Crippen LogP contribution in [-0.4, -0.2) is 64.5 Å². The van der Waals surface area contributed by atoms with E-state index in [0.29, 0.717) is 0 Å². The van der Waals surface area contributed by atoms with Crippen molar-refractivity contribution in [3.05, 3.63) is 30.3 Å². The van der Waals surface area contributed by atoms with E-state index in [-0.39, 0.29) is 58.0 Å². The molecule has 3 rings (SSSR count). The molecule has 6 nitrogen and oxygen atoms in total. The van der Waals surface area contributed by atoms with Gasteiger partial charge in [-0.15, -0.1) is 0 Å². The molecule has 0 radical (unpaired) electrons. The Morgan fingerprint density at radius 3 is 1.38 bits per heavy atom. The van der Waals surface area contributed by atoms with Crippen molar-refractivity contribution in [3.63, 3.8) is 0 Å². The fourth-order valence-electron chi connectivity index (χ4n) is 8.66. The van der Waals surface area contributed by atoms with Gasteiger partial charge in [-0.2, -0.15) is 0 Å². The van der Waals surface area contributed by atoms with Gasteiger partial charge in [0, 0.05) is 47.8 Å². The van der Waals surface area contributed by atoms with Crippen LogP contribution in [0, 0.1) is 11.8 Å². The molecule has 2 aliphatic rings. The van der Waals surface area contributed by atoms with E-state index in [9.17, 15) is 9.59 Å². The molecular formula is C35H60N2O4Si. The summed E-state index contributed by atoms with van der Waals surface area (Å²) >= 11 is 0. The van der Waals surface area contributed by atoms with Gasteiger partial charge in [-0.25, -0.2) is 0 Å². The van der Waals surface area contributed by atoms with E-state index in [2.05, 4.69) is 110 Å². The second-order valence-electron chi connectivity index (χ2n) is 14.4. The summed E-state index contributed by atoms with van der Waals surface area (Å²) in [5, 5.41) is 1.13. The first-order chi connectivity index (χ1) is 19.4. The maximum absolute atomic E-state index is 13.1. The van der Waals surface area contributed by atoms with Gasteiger partial charge in [-0.3, -0.25) is 9.59 Å². The highest BCUT2D eigenvalue weighted by Crippen LogP contribution is 2.49. The van der Waals surface area contributed by atoms with E-state index in [4.69, 9.17) is 8.85 Å². The normalized spacial score (nSPS) is 38.7. The molecule has 2 saturated heterocycles. The van der Waals surface area contributed by atoms with E-state index in [1.54, 1.807) is 13.8 Å². The lowest BCUT2D eigenvalue weighted by Crippen LogP contribution is -2.72. The first-order valence-electron chi connectivity index (χ1n) is 16.5. The number of nitrogens with zero attached hydrogens (tertiary/aromatic N) is 2. The van der Waals surface area contributed by atoms with E-state index >= 15 is 0 Å². The maximum atomic E-state index is 13.1. The number of carbonyl (C=O) groups excluding carboxylic acids is 2. The number of benzene rings is 1. The first-order valence-corrected chi connectivity index (χ1v) is 18.8. The Labute approximate surface area is 258 Å². The fraction of sp³-hybridized carbons (Fsp3) is 0.771. The van der Waals surface area contributed by atoms with Crippen molar-refractivity contribution in [2.24, 2.45) is 11.8 Å². The van der Waals surface area contributed by atoms with Crippen LogP contribution >= 0.6 is 0 Å². The summed E-state index contributed by atoms with van der Waals surface area (Å²) in [5.74, 6) is 0.530. The first kappa shape index (κ1) is 34.8. The summed E-state index contributed by atoms with van der Waals surface area (Å²) < 4.78 is 14.9. The predicted octanol–water partition coefficient (Wildman–Crippen LogP) is 7.19. The molecule has 2 aliphatic heterocycles. The quantitative estimate of drug-likeness (QED) is 0.282. The Bertz CT molecular complexity index is 1050. The van der Waals surface area contributed by atoms with Crippen molar-refractivity contribution in [2.75, 3.05) is 0 Å². The highest BCUT2D eigenvalue weighted by Gasteiger charge is 2.58. The molecule has 7 heteroatoms. The van der Waals surface area contributed by atoms with Crippen molar-refractivity contribution in [1.82, 2.24) is 9.80 Å². The molecule has 42 heavy (non-hydrogen) atoms. The minimum atomic E-state index is -2.99. The molecule has 1 aromatic carbocycles. The third-order valence-corrected chi connectivity index (χ3v) is 15.0. The molecule has 0 bridgehead atoms. The van der Waals surface area contributed by atoms with Gasteiger partial charge in [0.05, 0.1) is 12.2 Å². The number of carbonyl (C=O) groups is 2. The van der Waals surface area contributed by atoms with Gasteiger partial charge >= 0.3 is 8.56 Å². The third-order valence-electron chi connectivity index (χ3n) is 12.1. The number of hydrogen-bond acceptors (Lipinski definition) is 4. The molecule has 0 saturated carbocycles. The molecule has 0 aliphatic carbocycles. The van der Waals surface area contributed by atoms with Crippen LogP contribution in [0.1, 0.15) is 122 Å². The topological polar surface area (TPSA) is 59.1 Å². The Morgan fingerprint density at radius 2 is 1.10 bits per heavy atom. The molecule has 2 heterocycles. The van der Waals surface area contributed by atoms with Crippen LogP contribution in [0.25, 0.3) is 0 Å². The summed E-state index contributed by atoms with van der Waals surface area (Å²) in [6.45, 7) is 27.9. The second kappa shape index (κ2) is 12.4. The zero-order valence-corrected chi connectivity index (χ0v) is 30.0. The van der Waals surface area contributed by atoms with Crippen LogP contribution in [0.15, 0.2) is 30.3 Å². The molecule has 0 N–H and O–H groups in total. The van der Waals surface area contributed by atoms with E-state index in [1.807, 2.05) is 6.07 Å². The van der Waals surface area contributed by atoms with Crippen molar-refractivity contribution in [3.8, 4) is 0 Å². The Hall–Kier alpha value is -1.70. The van der Waals surface area contributed by atoms with Crippen LogP contribution in [0.3, 0.4) is 0 Å². The van der Waals surface area contributed by atoms with E-state index in [0.717, 1.165) is 43.7 Å². The number of rotatable bonds is 9. The summed E-state index contributed by atoms with van der Waals surface area (Å²) in [5.41, 5.74) is -1.26. The van der Waals surface area contributed by atoms with Gasteiger partial charge in [0.2, 0.25) is 11.8 Å². The summed E-state index contributed by atoms with van der Waals surface area (Å²) in [6, 6.07) is 10.5. The van der Waals surface area contributed by atoms with Crippen molar-refractivity contribution < 1.29 is 18.4 Å². The van der Waals surface area contributed by atoms with Crippen molar-refractivity contribution in [1.29, 1.82) is 0 Å². The fourth-order valence-corrected chi connectivity index (χ4v) is 11.5. The van der Waals surface area contributed by atoms with Crippen molar-refractivity contribution >= 4 is 25.6 Å². The lowest BCUT2D eigenvalue weighted by atomic mass is 9.68. The van der Waals surface area contributed by atoms with Crippen LogP contribution in [0.5, 0.6) is 0 Å². The number of piperidine rings is 2. The second-order valence-corrected chi connectivity index (χ2v) is 17.4. The average molecular weight is 601 g/mol. The van der Waals surface area contributed by atoms with Gasteiger partial charge in [0.25, 0.3) is 0 Å². The van der Waals surface area contributed by atoms with Crippen LogP contribution in [0.4, 0.5) is 0 Å². The Balaban J connectivity index is 2.10. The zero-order valence-electron chi connectivity index (χ0n) is 29.0. The summed E-state index contributed by atoms with van der Waals surface area (Å²) in [4.78, 5) is 30.5. The highest BCUT2D eigenvalue weighted by molar-refractivity contribution is 6.80. The molecule has 0 spiro atoms. The van der Waals surface area contributed by atoms with Crippen molar-refractivity contribution in [2.45, 2.75) is 163 Å². The van der Waals surface area contributed by atoms with Crippen LogP contribution in [-0.2, 0) is 18.4 Å². The lowest BCUT2D eigenvalue weighted by molar-refractivity contribution is -0.172. The smallest absolute Gasteiger partial charge is 0.369 e. The zero-order chi connectivity index (χ0) is 31.9. The van der Waals surface area contributed by atoms with Gasteiger partial charge < -0.3 is 18.7 Å². The summed E-state index contributed by atoms with van der Waals surface area (Å²) in [6.07, 6.45) is 4.88. The molecule has 8 unspecified atom stereocenters. The standard InChI is InChI=1S/C35H60N2O4Si/c1-14-32(9)23-30(25(5)34(11,16-3)36(32)27(7)38)40-42(13,29-21-19-18-20-22-29)41-31-24-33(10,15-2)37(28(8)39)35(12,17-4)26(31)6/h18-22,25-26,30-31H,14-17,23-24H2,1-13H3. The van der Waals surface area contributed by atoms with E-state index < -0.39 is 8.56 Å². The lowest BCUT2D eigenvalue weighted by Gasteiger charge is -2.62.